The second-order valence-corrected chi connectivity index (χ2v) is 9.08. The number of rotatable bonds is 5. The zero-order chi connectivity index (χ0) is 20.7. The summed E-state index contributed by atoms with van der Waals surface area (Å²) in [5.74, 6) is 1.35. The molecule has 1 unspecified atom stereocenters. The minimum Gasteiger partial charge on any atom is -0.497 e. The van der Waals surface area contributed by atoms with Gasteiger partial charge in [0.15, 0.2) is 5.65 Å². The molecule has 0 aliphatic carbocycles. The number of aromatic nitrogens is 3. The smallest absolute Gasteiger partial charge is 0.243 e. The number of nitrogens with zero attached hydrogens (tertiary/aromatic N) is 4. The Morgan fingerprint density at radius 1 is 1.17 bits per heavy atom. The molecule has 0 saturated carbocycles. The van der Waals surface area contributed by atoms with E-state index in [0.717, 1.165) is 22.6 Å². The molecule has 0 amide bonds. The van der Waals surface area contributed by atoms with Crippen molar-refractivity contribution in [2.45, 2.75) is 17.4 Å². The van der Waals surface area contributed by atoms with E-state index in [1.807, 2.05) is 22.8 Å². The third-order valence-electron chi connectivity index (χ3n) is 5.42. The van der Waals surface area contributed by atoms with Crippen molar-refractivity contribution in [3.05, 3.63) is 61.2 Å². The van der Waals surface area contributed by atoms with E-state index in [9.17, 15) is 8.42 Å². The van der Waals surface area contributed by atoms with Crippen molar-refractivity contribution in [3.63, 3.8) is 0 Å². The van der Waals surface area contributed by atoms with Crippen molar-refractivity contribution in [3.8, 4) is 17.1 Å². The summed E-state index contributed by atoms with van der Waals surface area (Å²) in [6, 6.07) is 12.0. The van der Waals surface area contributed by atoms with Gasteiger partial charge in [-0.2, -0.15) is 4.31 Å². The number of sulfonamides is 1. The van der Waals surface area contributed by atoms with E-state index in [0.29, 0.717) is 25.3 Å². The summed E-state index contributed by atoms with van der Waals surface area (Å²) in [7, 11) is -2.05. The number of ether oxygens (including phenoxy) is 1. The Morgan fingerprint density at radius 3 is 2.73 bits per heavy atom. The highest BCUT2D eigenvalue weighted by Gasteiger charge is 2.35. The topological polar surface area (TPSA) is 90.5 Å². The average Bonchev–Trinajstić information content (AvgIpc) is 3.52. The van der Waals surface area contributed by atoms with Crippen LogP contribution in [0.1, 0.15) is 12.5 Å². The van der Waals surface area contributed by atoms with Crippen LogP contribution in [-0.4, -0.2) is 47.5 Å². The van der Waals surface area contributed by atoms with Gasteiger partial charge in [0.25, 0.3) is 0 Å². The Hall–Kier alpha value is -3.17. The van der Waals surface area contributed by atoms with Crippen molar-refractivity contribution >= 4 is 21.2 Å². The molecule has 4 aromatic rings. The summed E-state index contributed by atoms with van der Waals surface area (Å²) in [6.07, 6.45) is 5.63. The third-order valence-corrected chi connectivity index (χ3v) is 7.30. The molecule has 154 valence electrons. The highest BCUT2D eigenvalue weighted by atomic mass is 32.2. The van der Waals surface area contributed by atoms with Gasteiger partial charge < -0.3 is 13.7 Å². The predicted molar refractivity (Wildman–Crippen MR) is 111 cm³/mol. The molecule has 8 nitrogen and oxygen atoms in total. The molecule has 5 rings (SSSR count). The first-order valence-corrected chi connectivity index (χ1v) is 11.0. The van der Waals surface area contributed by atoms with Crippen LogP contribution in [0.2, 0.25) is 0 Å². The number of hydrogen-bond acceptors (Lipinski definition) is 6. The monoisotopic (exact) mass is 424 g/mol. The molecule has 1 aliphatic rings. The average molecular weight is 424 g/mol. The largest absolute Gasteiger partial charge is 0.497 e. The summed E-state index contributed by atoms with van der Waals surface area (Å²) in [5.41, 5.74) is 2.34. The molecule has 1 aliphatic heterocycles. The van der Waals surface area contributed by atoms with E-state index >= 15 is 0 Å². The summed E-state index contributed by atoms with van der Waals surface area (Å²) < 4.78 is 40.2. The van der Waals surface area contributed by atoms with E-state index in [4.69, 9.17) is 14.1 Å². The summed E-state index contributed by atoms with van der Waals surface area (Å²) >= 11 is 0. The van der Waals surface area contributed by atoms with Gasteiger partial charge in [0.1, 0.15) is 23.4 Å². The summed E-state index contributed by atoms with van der Waals surface area (Å²) in [5, 5.41) is 0. The van der Waals surface area contributed by atoms with Gasteiger partial charge in [-0.25, -0.2) is 18.4 Å². The SMILES string of the molecule is COc1ccc(S(=O)(=O)N2CCC(n3c(-c4ccoc4)nc4cccnc43)C2)cc1. The van der Waals surface area contributed by atoms with E-state index < -0.39 is 10.0 Å². The van der Waals surface area contributed by atoms with E-state index in [-0.39, 0.29) is 10.9 Å². The highest BCUT2D eigenvalue weighted by Crippen LogP contribution is 2.34. The number of benzene rings is 1. The van der Waals surface area contributed by atoms with Crippen molar-refractivity contribution in [1.29, 1.82) is 0 Å². The zero-order valence-corrected chi connectivity index (χ0v) is 17.1. The van der Waals surface area contributed by atoms with Gasteiger partial charge in [0.2, 0.25) is 10.0 Å². The lowest BCUT2D eigenvalue weighted by Crippen LogP contribution is -2.29. The van der Waals surface area contributed by atoms with E-state index in [2.05, 4.69) is 4.98 Å². The number of fused-ring (bicyclic) bond motifs is 1. The van der Waals surface area contributed by atoms with E-state index in [1.54, 1.807) is 50.1 Å². The normalized spacial score (nSPS) is 17.6. The zero-order valence-electron chi connectivity index (χ0n) is 16.3. The van der Waals surface area contributed by atoms with Crippen molar-refractivity contribution in [2.24, 2.45) is 0 Å². The lowest BCUT2D eigenvalue weighted by Gasteiger charge is -2.18. The van der Waals surface area contributed by atoms with Gasteiger partial charge in [-0.1, -0.05) is 0 Å². The third kappa shape index (κ3) is 3.06. The van der Waals surface area contributed by atoms with Crippen LogP contribution < -0.4 is 4.74 Å². The Labute approximate surface area is 173 Å². The first-order chi connectivity index (χ1) is 14.6. The van der Waals surface area contributed by atoms with Crippen LogP contribution >= 0.6 is 0 Å². The Balaban J connectivity index is 1.50. The number of imidazole rings is 1. The number of hydrogen-bond donors (Lipinski definition) is 0. The van der Waals surface area contributed by atoms with Crippen LogP contribution in [-0.2, 0) is 10.0 Å². The quantitative estimate of drug-likeness (QED) is 0.488. The molecule has 1 atom stereocenters. The Bertz CT molecular complexity index is 1280. The fraction of sp³-hybridized carbons (Fsp3) is 0.238. The molecule has 1 saturated heterocycles. The van der Waals surface area contributed by atoms with Crippen molar-refractivity contribution < 1.29 is 17.6 Å². The minimum atomic E-state index is -3.60. The predicted octanol–water partition coefficient (Wildman–Crippen LogP) is 3.34. The van der Waals surface area contributed by atoms with Gasteiger partial charge in [-0.15, -0.1) is 0 Å². The second kappa shape index (κ2) is 7.26. The maximum absolute atomic E-state index is 13.2. The number of methoxy groups -OCH3 is 1. The van der Waals surface area contributed by atoms with Crippen LogP contribution in [0, 0.1) is 0 Å². The number of furan rings is 1. The minimum absolute atomic E-state index is 0.0807. The molecular weight excluding hydrogens is 404 g/mol. The van der Waals surface area contributed by atoms with Crippen LogP contribution in [0.25, 0.3) is 22.6 Å². The molecule has 1 fully saturated rings. The Morgan fingerprint density at radius 2 is 2.00 bits per heavy atom. The Kier molecular flexibility index (Phi) is 4.56. The molecule has 0 bridgehead atoms. The molecule has 0 N–H and O–H groups in total. The molecule has 0 radical (unpaired) electrons. The molecule has 30 heavy (non-hydrogen) atoms. The van der Waals surface area contributed by atoms with Crippen LogP contribution in [0.4, 0.5) is 0 Å². The van der Waals surface area contributed by atoms with Gasteiger partial charge in [0, 0.05) is 19.3 Å². The van der Waals surface area contributed by atoms with Crippen molar-refractivity contribution in [2.75, 3.05) is 20.2 Å². The summed E-state index contributed by atoms with van der Waals surface area (Å²) in [6.45, 7) is 0.775. The van der Waals surface area contributed by atoms with Crippen LogP contribution in [0.15, 0.2) is 70.5 Å². The van der Waals surface area contributed by atoms with Gasteiger partial charge >= 0.3 is 0 Å². The molecule has 4 heterocycles. The lowest BCUT2D eigenvalue weighted by molar-refractivity contribution is 0.414. The van der Waals surface area contributed by atoms with Crippen LogP contribution in [0.3, 0.4) is 0 Å². The van der Waals surface area contributed by atoms with E-state index in [1.165, 1.54) is 4.31 Å². The first kappa shape index (κ1) is 18.8. The van der Waals surface area contributed by atoms with Crippen molar-refractivity contribution in [1.82, 2.24) is 18.8 Å². The highest BCUT2D eigenvalue weighted by molar-refractivity contribution is 7.89. The molecule has 1 aromatic carbocycles. The fourth-order valence-electron chi connectivity index (χ4n) is 3.91. The summed E-state index contributed by atoms with van der Waals surface area (Å²) in [4.78, 5) is 9.49. The maximum atomic E-state index is 13.2. The van der Waals surface area contributed by atoms with Crippen LogP contribution in [0.5, 0.6) is 5.75 Å². The second-order valence-electron chi connectivity index (χ2n) is 7.14. The standard InChI is InChI=1S/C21H20N4O4S/c1-28-17-4-6-18(7-5-17)30(26,27)24-11-8-16(13-24)25-20(15-9-12-29-14-15)23-19-3-2-10-22-21(19)25/h2-7,9-10,12,14,16H,8,11,13H2,1H3. The molecule has 0 spiro atoms. The molecule has 9 heteroatoms. The molecule has 3 aromatic heterocycles. The molecular formula is C21H20N4O4S. The first-order valence-electron chi connectivity index (χ1n) is 9.57. The number of pyridine rings is 1. The van der Waals surface area contributed by atoms with Gasteiger partial charge in [-0.05, 0) is 48.9 Å². The lowest BCUT2D eigenvalue weighted by atomic mass is 10.2. The maximum Gasteiger partial charge on any atom is 0.243 e. The fourth-order valence-corrected chi connectivity index (χ4v) is 5.40. The van der Waals surface area contributed by atoms with Gasteiger partial charge in [0.05, 0.1) is 29.9 Å². The van der Waals surface area contributed by atoms with Gasteiger partial charge in [-0.3, -0.25) is 0 Å².